The van der Waals surface area contributed by atoms with Gasteiger partial charge >= 0.3 is 0 Å². The highest BCUT2D eigenvalue weighted by molar-refractivity contribution is 5.95. The summed E-state index contributed by atoms with van der Waals surface area (Å²) in [6, 6.07) is 7.54. The second-order valence-electron chi connectivity index (χ2n) is 4.65. The fourth-order valence-corrected chi connectivity index (χ4v) is 1.77. The predicted molar refractivity (Wildman–Crippen MR) is 75.1 cm³/mol. The molecule has 0 aliphatic rings. The third-order valence-electron chi connectivity index (χ3n) is 2.84. The largest absolute Gasteiger partial charge is 0.378 e. The molecule has 1 N–H and O–H groups in total. The molecule has 5 heteroatoms. The number of rotatable bonds is 4. The van der Waals surface area contributed by atoms with Crippen LogP contribution in [-0.2, 0) is 13.6 Å². The molecule has 0 radical (unpaired) electrons. The Bertz CT molecular complexity index is 574. The topological polar surface area (TPSA) is 50.2 Å². The molecule has 100 valence electrons. The van der Waals surface area contributed by atoms with Crippen LogP contribution in [-0.4, -0.2) is 29.8 Å². The summed E-state index contributed by atoms with van der Waals surface area (Å²) in [7, 11) is 5.76. The lowest BCUT2D eigenvalue weighted by Gasteiger charge is -2.13. The van der Waals surface area contributed by atoms with E-state index in [1.54, 1.807) is 10.9 Å². The highest BCUT2D eigenvalue weighted by atomic mass is 16.1. The second kappa shape index (κ2) is 5.56. The fraction of sp³-hybridized carbons (Fsp3) is 0.286. The monoisotopic (exact) mass is 258 g/mol. The molecule has 2 rings (SSSR count). The minimum absolute atomic E-state index is 0.0763. The van der Waals surface area contributed by atoms with Crippen LogP contribution in [0.4, 0.5) is 5.69 Å². The van der Waals surface area contributed by atoms with Gasteiger partial charge in [-0.15, -0.1) is 0 Å². The van der Waals surface area contributed by atoms with Gasteiger partial charge < -0.3 is 10.2 Å². The highest BCUT2D eigenvalue weighted by Crippen LogP contribution is 2.13. The number of carbonyl (C=O) groups excluding carboxylic acids is 1. The minimum Gasteiger partial charge on any atom is -0.378 e. The first-order chi connectivity index (χ1) is 9.06. The number of aromatic nitrogens is 2. The Morgan fingerprint density at radius 3 is 2.84 bits per heavy atom. The number of hydrogen-bond donors (Lipinski definition) is 1. The molecule has 0 unspecified atom stereocenters. The molecule has 2 aromatic rings. The second-order valence-corrected chi connectivity index (χ2v) is 4.65. The van der Waals surface area contributed by atoms with Crippen LogP contribution in [0.25, 0.3) is 0 Å². The van der Waals surface area contributed by atoms with Gasteiger partial charge in [-0.25, -0.2) is 0 Å². The zero-order valence-corrected chi connectivity index (χ0v) is 11.4. The standard InChI is InChI=1S/C14H18N4O/c1-17(2)13-6-4-5-12(7-13)14(19)15-8-11-9-16-18(3)10-11/h4-7,9-10H,8H2,1-3H3,(H,15,19). The van der Waals surface area contributed by atoms with Crippen molar-refractivity contribution in [2.75, 3.05) is 19.0 Å². The van der Waals surface area contributed by atoms with Crippen molar-refractivity contribution >= 4 is 11.6 Å². The van der Waals surface area contributed by atoms with Crippen LogP contribution in [0.5, 0.6) is 0 Å². The average molecular weight is 258 g/mol. The molecule has 0 aliphatic heterocycles. The van der Waals surface area contributed by atoms with Crippen molar-refractivity contribution in [1.29, 1.82) is 0 Å². The molecular weight excluding hydrogens is 240 g/mol. The van der Waals surface area contributed by atoms with E-state index in [1.807, 2.05) is 56.5 Å². The number of carbonyl (C=O) groups is 1. The number of benzene rings is 1. The van der Waals surface area contributed by atoms with E-state index in [4.69, 9.17) is 0 Å². The Labute approximate surface area is 112 Å². The molecular formula is C14H18N4O. The van der Waals surface area contributed by atoms with Crippen LogP contribution in [0.3, 0.4) is 0 Å². The van der Waals surface area contributed by atoms with Gasteiger partial charge in [0.15, 0.2) is 0 Å². The lowest BCUT2D eigenvalue weighted by Crippen LogP contribution is -2.23. The maximum atomic E-state index is 12.0. The Morgan fingerprint density at radius 2 is 2.21 bits per heavy atom. The third kappa shape index (κ3) is 3.34. The molecule has 1 heterocycles. The number of nitrogens with zero attached hydrogens (tertiary/aromatic N) is 3. The van der Waals surface area contributed by atoms with Gasteiger partial charge in [-0.2, -0.15) is 5.10 Å². The SMILES string of the molecule is CN(C)c1cccc(C(=O)NCc2cnn(C)c2)c1. The summed E-state index contributed by atoms with van der Waals surface area (Å²) in [6.07, 6.45) is 3.63. The summed E-state index contributed by atoms with van der Waals surface area (Å²) in [6.45, 7) is 0.485. The molecule has 19 heavy (non-hydrogen) atoms. The van der Waals surface area contributed by atoms with E-state index in [2.05, 4.69) is 10.4 Å². The first kappa shape index (κ1) is 13.1. The van der Waals surface area contributed by atoms with E-state index in [1.165, 1.54) is 0 Å². The van der Waals surface area contributed by atoms with Gasteiger partial charge in [0.05, 0.1) is 6.20 Å². The van der Waals surface area contributed by atoms with Crippen molar-refractivity contribution in [3.63, 3.8) is 0 Å². The Balaban J connectivity index is 2.01. The lowest BCUT2D eigenvalue weighted by atomic mass is 10.2. The summed E-state index contributed by atoms with van der Waals surface area (Å²) < 4.78 is 1.72. The molecule has 0 atom stereocenters. The lowest BCUT2D eigenvalue weighted by molar-refractivity contribution is 0.0951. The van der Waals surface area contributed by atoms with Gasteiger partial charge in [-0.05, 0) is 18.2 Å². The van der Waals surface area contributed by atoms with Crippen molar-refractivity contribution in [3.8, 4) is 0 Å². The van der Waals surface area contributed by atoms with Gasteiger partial charge in [-0.3, -0.25) is 9.48 Å². The van der Waals surface area contributed by atoms with Crippen molar-refractivity contribution in [2.45, 2.75) is 6.54 Å². The van der Waals surface area contributed by atoms with Crippen molar-refractivity contribution < 1.29 is 4.79 Å². The Hall–Kier alpha value is -2.30. The average Bonchev–Trinajstić information content (AvgIpc) is 2.82. The predicted octanol–water partition coefficient (Wildman–Crippen LogP) is 1.42. The fourth-order valence-electron chi connectivity index (χ4n) is 1.77. The summed E-state index contributed by atoms with van der Waals surface area (Å²) in [4.78, 5) is 14.0. The maximum Gasteiger partial charge on any atom is 0.251 e. The number of aryl methyl sites for hydroxylation is 1. The van der Waals surface area contributed by atoms with Gasteiger partial charge in [0.1, 0.15) is 0 Å². The highest BCUT2D eigenvalue weighted by Gasteiger charge is 2.07. The molecule has 0 saturated carbocycles. The van der Waals surface area contributed by atoms with Gasteiger partial charge in [0.2, 0.25) is 0 Å². The third-order valence-corrected chi connectivity index (χ3v) is 2.84. The minimum atomic E-state index is -0.0763. The van der Waals surface area contributed by atoms with Crippen LogP contribution < -0.4 is 10.2 Å². The molecule has 0 fully saturated rings. The Morgan fingerprint density at radius 1 is 1.42 bits per heavy atom. The number of amides is 1. The van der Waals surface area contributed by atoms with Gasteiger partial charge in [0, 0.05) is 50.7 Å². The smallest absolute Gasteiger partial charge is 0.251 e. The zero-order chi connectivity index (χ0) is 13.8. The summed E-state index contributed by atoms with van der Waals surface area (Å²) in [5.41, 5.74) is 2.66. The molecule has 0 spiro atoms. The van der Waals surface area contributed by atoms with E-state index >= 15 is 0 Å². The van der Waals surface area contributed by atoms with E-state index < -0.39 is 0 Å². The van der Waals surface area contributed by atoms with E-state index in [0.29, 0.717) is 12.1 Å². The molecule has 1 amide bonds. The molecule has 1 aromatic carbocycles. The van der Waals surface area contributed by atoms with Crippen molar-refractivity contribution in [1.82, 2.24) is 15.1 Å². The number of hydrogen-bond acceptors (Lipinski definition) is 3. The van der Waals surface area contributed by atoms with Crippen LogP contribution in [0.2, 0.25) is 0 Å². The molecule has 0 aliphatic carbocycles. The number of nitrogens with one attached hydrogen (secondary N) is 1. The quantitative estimate of drug-likeness (QED) is 0.902. The maximum absolute atomic E-state index is 12.0. The van der Waals surface area contributed by atoms with Crippen molar-refractivity contribution in [2.24, 2.45) is 7.05 Å². The van der Waals surface area contributed by atoms with E-state index in [9.17, 15) is 4.79 Å². The zero-order valence-electron chi connectivity index (χ0n) is 11.4. The van der Waals surface area contributed by atoms with Crippen molar-refractivity contribution in [3.05, 3.63) is 47.8 Å². The normalized spacial score (nSPS) is 10.3. The van der Waals surface area contributed by atoms with E-state index in [0.717, 1.165) is 11.3 Å². The van der Waals surface area contributed by atoms with Crippen LogP contribution in [0.15, 0.2) is 36.7 Å². The van der Waals surface area contributed by atoms with Crippen LogP contribution >= 0.6 is 0 Å². The first-order valence-corrected chi connectivity index (χ1v) is 6.09. The molecule has 1 aromatic heterocycles. The molecule has 5 nitrogen and oxygen atoms in total. The van der Waals surface area contributed by atoms with Crippen LogP contribution in [0, 0.1) is 0 Å². The van der Waals surface area contributed by atoms with Crippen LogP contribution in [0.1, 0.15) is 15.9 Å². The summed E-state index contributed by atoms with van der Waals surface area (Å²) in [5.74, 6) is -0.0763. The van der Waals surface area contributed by atoms with Gasteiger partial charge in [-0.1, -0.05) is 6.07 Å². The van der Waals surface area contributed by atoms with Gasteiger partial charge in [0.25, 0.3) is 5.91 Å². The molecule has 0 bridgehead atoms. The Kier molecular flexibility index (Phi) is 3.85. The summed E-state index contributed by atoms with van der Waals surface area (Å²) >= 11 is 0. The van der Waals surface area contributed by atoms with E-state index in [-0.39, 0.29) is 5.91 Å². The first-order valence-electron chi connectivity index (χ1n) is 6.09. The number of anilines is 1. The summed E-state index contributed by atoms with van der Waals surface area (Å²) in [5, 5.41) is 6.95. The molecule has 0 saturated heterocycles.